The van der Waals surface area contributed by atoms with Gasteiger partial charge in [0.2, 0.25) is 10.0 Å². The second-order valence-corrected chi connectivity index (χ2v) is 9.01. The normalized spacial score (nSPS) is 20.0. The summed E-state index contributed by atoms with van der Waals surface area (Å²) < 4.78 is 22.9. The van der Waals surface area contributed by atoms with E-state index >= 15 is 0 Å². The number of thioether (sulfide) groups is 1. The predicted molar refractivity (Wildman–Crippen MR) is 102 cm³/mol. The Morgan fingerprint density at radius 2 is 1.88 bits per heavy atom. The van der Waals surface area contributed by atoms with Gasteiger partial charge in [-0.2, -0.15) is 0 Å². The Balaban J connectivity index is 1.82. The molecule has 0 amide bonds. The lowest BCUT2D eigenvalue weighted by atomic mass is 10.2. The number of rotatable bonds is 6. The molecule has 1 aliphatic carbocycles. The number of nitro groups is 1. The van der Waals surface area contributed by atoms with E-state index in [2.05, 4.69) is 5.32 Å². The predicted octanol–water partition coefficient (Wildman–Crippen LogP) is 3.37. The molecule has 7 nitrogen and oxygen atoms in total. The van der Waals surface area contributed by atoms with Gasteiger partial charge < -0.3 is 5.32 Å². The number of hydrogen-bond acceptors (Lipinski definition) is 6. The van der Waals surface area contributed by atoms with Crippen LogP contribution < -0.4 is 10.5 Å². The molecule has 3 N–H and O–H groups in total. The second kappa shape index (κ2) is 7.65. The lowest BCUT2D eigenvalue weighted by molar-refractivity contribution is -0.384. The summed E-state index contributed by atoms with van der Waals surface area (Å²) in [5, 5.41) is 20.0. The van der Waals surface area contributed by atoms with E-state index < -0.39 is 14.9 Å². The third-order valence-electron chi connectivity index (χ3n) is 4.32. The first-order valence-electron chi connectivity index (χ1n) is 8.14. The van der Waals surface area contributed by atoms with Gasteiger partial charge in [0.05, 0.1) is 9.82 Å². The van der Waals surface area contributed by atoms with E-state index in [0.29, 0.717) is 5.69 Å². The van der Waals surface area contributed by atoms with Gasteiger partial charge in [-0.1, -0.05) is 24.6 Å². The Morgan fingerprint density at radius 1 is 1.15 bits per heavy atom. The molecule has 0 spiro atoms. The topological polar surface area (TPSA) is 115 Å². The summed E-state index contributed by atoms with van der Waals surface area (Å²) in [5.41, 5.74) is 0.0276. The molecular weight excluding hydrogens is 374 g/mol. The molecule has 3 rings (SSSR count). The van der Waals surface area contributed by atoms with Gasteiger partial charge in [0.15, 0.2) is 0 Å². The zero-order valence-corrected chi connectivity index (χ0v) is 15.5. The van der Waals surface area contributed by atoms with Crippen LogP contribution in [-0.4, -0.2) is 24.6 Å². The van der Waals surface area contributed by atoms with Crippen LogP contribution in [0.3, 0.4) is 0 Å². The van der Waals surface area contributed by atoms with Gasteiger partial charge in [0, 0.05) is 22.3 Å². The fraction of sp³-hybridized carbons (Fsp3) is 0.294. The van der Waals surface area contributed by atoms with Crippen molar-refractivity contribution in [2.45, 2.75) is 40.3 Å². The SMILES string of the molecule is NS(=O)(=O)c1ccc(NC2CCCC2Sc2ccccc2)c([N+](=O)[O-])c1. The fourth-order valence-corrected chi connectivity index (χ4v) is 4.92. The van der Waals surface area contributed by atoms with Crippen LogP contribution in [0.5, 0.6) is 0 Å². The molecule has 2 aromatic rings. The maximum atomic E-state index is 11.5. The molecule has 2 aromatic carbocycles. The van der Waals surface area contributed by atoms with E-state index in [4.69, 9.17) is 5.14 Å². The van der Waals surface area contributed by atoms with Crippen LogP contribution in [0.1, 0.15) is 19.3 Å². The highest BCUT2D eigenvalue weighted by molar-refractivity contribution is 8.00. The van der Waals surface area contributed by atoms with E-state index in [1.807, 2.05) is 30.3 Å². The molecule has 0 radical (unpaired) electrons. The summed E-state index contributed by atoms with van der Waals surface area (Å²) in [7, 11) is -3.99. The Morgan fingerprint density at radius 3 is 2.54 bits per heavy atom. The number of anilines is 1. The van der Waals surface area contributed by atoms with Gasteiger partial charge in [0.1, 0.15) is 5.69 Å². The Kier molecular flexibility index (Phi) is 5.49. The molecule has 0 aliphatic heterocycles. The number of nitrogens with one attached hydrogen (secondary N) is 1. The number of nitrogens with zero attached hydrogens (tertiary/aromatic N) is 1. The molecule has 1 saturated carbocycles. The van der Waals surface area contributed by atoms with E-state index in [0.717, 1.165) is 30.2 Å². The number of nitrogens with two attached hydrogens (primary N) is 1. The van der Waals surface area contributed by atoms with Crippen LogP contribution in [0.4, 0.5) is 11.4 Å². The van der Waals surface area contributed by atoms with E-state index in [1.165, 1.54) is 12.1 Å². The molecule has 26 heavy (non-hydrogen) atoms. The summed E-state index contributed by atoms with van der Waals surface area (Å²) >= 11 is 1.75. The van der Waals surface area contributed by atoms with E-state index in [9.17, 15) is 18.5 Å². The lowest BCUT2D eigenvalue weighted by Gasteiger charge is -2.22. The first kappa shape index (κ1) is 18.7. The minimum atomic E-state index is -3.99. The summed E-state index contributed by atoms with van der Waals surface area (Å²) in [4.78, 5) is 11.7. The van der Waals surface area contributed by atoms with E-state index in [-0.39, 0.29) is 21.9 Å². The summed E-state index contributed by atoms with van der Waals surface area (Å²) in [6, 6.07) is 13.8. The number of hydrogen-bond donors (Lipinski definition) is 2. The molecule has 9 heteroatoms. The van der Waals surface area contributed by atoms with Gasteiger partial charge >= 0.3 is 0 Å². The molecule has 2 unspecified atom stereocenters. The number of sulfonamides is 1. The minimum Gasteiger partial charge on any atom is -0.376 e. The molecule has 2 atom stereocenters. The molecule has 0 bridgehead atoms. The van der Waals surface area contributed by atoms with Gasteiger partial charge in [-0.05, 0) is 37.1 Å². The van der Waals surface area contributed by atoms with Crippen LogP contribution in [0.15, 0.2) is 58.3 Å². The fourth-order valence-electron chi connectivity index (χ4n) is 3.07. The third-order valence-corrected chi connectivity index (χ3v) is 6.64. The Bertz CT molecular complexity index is 903. The van der Waals surface area contributed by atoms with Crippen molar-refractivity contribution >= 4 is 33.2 Å². The van der Waals surface area contributed by atoms with Crippen LogP contribution in [0, 0.1) is 10.1 Å². The maximum Gasteiger partial charge on any atom is 0.293 e. The smallest absolute Gasteiger partial charge is 0.293 e. The maximum absolute atomic E-state index is 11.5. The highest BCUT2D eigenvalue weighted by Crippen LogP contribution is 2.38. The van der Waals surface area contributed by atoms with Gasteiger partial charge in [-0.25, -0.2) is 13.6 Å². The van der Waals surface area contributed by atoms with Crippen LogP contribution in [0.25, 0.3) is 0 Å². The quantitative estimate of drug-likeness (QED) is 0.574. The standard InChI is InChI=1S/C17H19N3O4S2/c18-26(23,24)13-9-10-14(16(11-13)20(21)22)19-15-7-4-8-17(15)25-12-5-2-1-3-6-12/h1-3,5-6,9-11,15,17,19H,4,7-8H2,(H2,18,23,24). The van der Waals surface area contributed by atoms with Crippen LogP contribution in [0.2, 0.25) is 0 Å². The zero-order chi connectivity index (χ0) is 18.7. The molecule has 138 valence electrons. The average molecular weight is 393 g/mol. The largest absolute Gasteiger partial charge is 0.376 e. The van der Waals surface area contributed by atoms with Gasteiger partial charge in [-0.15, -0.1) is 11.8 Å². The first-order chi connectivity index (χ1) is 12.3. The average Bonchev–Trinajstić information content (AvgIpc) is 3.02. The van der Waals surface area contributed by atoms with Crippen molar-refractivity contribution in [1.29, 1.82) is 0 Å². The van der Waals surface area contributed by atoms with Crippen molar-refractivity contribution in [2.75, 3.05) is 5.32 Å². The second-order valence-electron chi connectivity index (χ2n) is 6.13. The summed E-state index contributed by atoms with van der Waals surface area (Å²) in [6.07, 6.45) is 2.95. The Hall–Kier alpha value is -2.10. The van der Waals surface area contributed by atoms with Gasteiger partial charge in [-0.3, -0.25) is 10.1 Å². The van der Waals surface area contributed by atoms with E-state index in [1.54, 1.807) is 11.8 Å². The highest BCUT2D eigenvalue weighted by atomic mass is 32.2. The molecule has 0 saturated heterocycles. The van der Waals surface area contributed by atoms with Crippen molar-refractivity contribution < 1.29 is 13.3 Å². The van der Waals surface area contributed by atoms with Crippen molar-refractivity contribution in [1.82, 2.24) is 0 Å². The molecule has 1 fully saturated rings. The highest BCUT2D eigenvalue weighted by Gasteiger charge is 2.30. The van der Waals surface area contributed by atoms with Crippen molar-refractivity contribution in [3.63, 3.8) is 0 Å². The molecule has 0 heterocycles. The minimum absolute atomic E-state index is 0.0687. The van der Waals surface area contributed by atoms with Crippen LogP contribution >= 0.6 is 11.8 Å². The summed E-state index contributed by atoms with van der Waals surface area (Å²) in [6.45, 7) is 0. The molecular formula is C17H19N3O4S2. The van der Waals surface area contributed by atoms with Crippen molar-refractivity contribution in [3.8, 4) is 0 Å². The number of benzene rings is 2. The zero-order valence-electron chi connectivity index (χ0n) is 13.9. The first-order valence-corrected chi connectivity index (χ1v) is 10.6. The number of primary sulfonamides is 1. The van der Waals surface area contributed by atoms with Crippen LogP contribution in [-0.2, 0) is 10.0 Å². The number of nitro benzene ring substituents is 1. The lowest BCUT2D eigenvalue weighted by Crippen LogP contribution is -2.26. The van der Waals surface area contributed by atoms with Gasteiger partial charge in [0.25, 0.3) is 5.69 Å². The monoisotopic (exact) mass is 393 g/mol. The summed E-state index contributed by atoms with van der Waals surface area (Å²) in [5.74, 6) is 0. The molecule has 0 aromatic heterocycles. The Labute approximate surface area is 156 Å². The third kappa shape index (κ3) is 4.35. The van der Waals surface area contributed by atoms with Crippen molar-refractivity contribution in [2.24, 2.45) is 5.14 Å². The van der Waals surface area contributed by atoms with Crippen molar-refractivity contribution in [3.05, 3.63) is 58.6 Å². The molecule has 1 aliphatic rings.